The number of hydrogen-bond donors (Lipinski definition) is 3. The lowest BCUT2D eigenvalue weighted by molar-refractivity contribution is 0.230. The van der Waals surface area contributed by atoms with Crippen LogP contribution in [-0.4, -0.2) is 50.2 Å². The van der Waals surface area contributed by atoms with E-state index >= 15 is 0 Å². The highest BCUT2D eigenvalue weighted by Crippen LogP contribution is 2.35. The van der Waals surface area contributed by atoms with Crippen molar-refractivity contribution in [2.75, 3.05) is 19.4 Å². The van der Waals surface area contributed by atoms with E-state index in [0.717, 1.165) is 49.9 Å². The molecular weight excluding hydrogens is 486 g/mol. The molecule has 37 heavy (non-hydrogen) atoms. The van der Waals surface area contributed by atoms with Crippen molar-refractivity contribution in [1.82, 2.24) is 30.0 Å². The predicted octanol–water partition coefficient (Wildman–Crippen LogP) is 6.58. The van der Waals surface area contributed by atoms with Gasteiger partial charge in [0.15, 0.2) is 5.65 Å². The highest BCUT2D eigenvalue weighted by Gasteiger charge is 2.15. The number of fused-ring (bicyclic) bond motifs is 2. The Balaban J connectivity index is 1.41. The molecule has 6 aromatic rings. The number of carbonyl (C=O) groups is 1. The number of benzene rings is 2. The highest BCUT2D eigenvalue weighted by atomic mass is 35.5. The van der Waals surface area contributed by atoms with Gasteiger partial charge in [-0.25, -0.2) is 9.78 Å². The number of rotatable bonds is 4. The van der Waals surface area contributed by atoms with Crippen LogP contribution in [0.3, 0.4) is 0 Å². The minimum absolute atomic E-state index is 0.222. The van der Waals surface area contributed by atoms with Crippen LogP contribution in [0.15, 0.2) is 79.3 Å². The Hall–Kier alpha value is -4.69. The monoisotopic (exact) mass is 507 g/mol. The molecule has 3 N–H and O–H groups in total. The van der Waals surface area contributed by atoms with E-state index in [1.807, 2.05) is 42.5 Å². The Kier molecular flexibility index (Phi) is 5.58. The van der Waals surface area contributed by atoms with E-state index in [-0.39, 0.29) is 6.03 Å². The number of carbonyl (C=O) groups excluding carboxylic acids is 1. The van der Waals surface area contributed by atoms with E-state index in [2.05, 4.69) is 48.7 Å². The van der Waals surface area contributed by atoms with Gasteiger partial charge in [0, 0.05) is 58.9 Å². The third kappa shape index (κ3) is 4.28. The number of urea groups is 1. The summed E-state index contributed by atoms with van der Waals surface area (Å²) in [5.41, 5.74) is 7.79. The molecule has 0 radical (unpaired) electrons. The molecule has 0 unspecified atom stereocenters. The fourth-order valence-corrected chi connectivity index (χ4v) is 4.55. The highest BCUT2D eigenvalue weighted by molar-refractivity contribution is 6.31. The van der Waals surface area contributed by atoms with Crippen LogP contribution in [-0.2, 0) is 0 Å². The molecule has 0 bridgehead atoms. The van der Waals surface area contributed by atoms with Gasteiger partial charge in [-0.05, 0) is 47.5 Å². The molecule has 0 fully saturated rings. The zero-order valence-electron chi connectivity index (χ0n) is 20.1. The lowest BCUT2D eigenvalue weighted by Gasteiger charge is -2.12. The van der Waals surface area contributed by atoms with E-state index in [1.54, 1.807) is 32.7 Å². The minimum atomic E-state index is -0.222. The fourth-order valence-electron chi connectivity index (χ4n) is 4.36. The molecule has 0 spiro atoms. The quantitative estimate of drug-likeness (QED) is 0.250. The van der Waals surface area contributed by atoms with E-state index in [1.165, 1.54) is 4.90 Å². The van der Waals surface area contributed by atoms with Gasteiger partial charge in [0.05, 0.1) is 23.3 Å². The molecule has 0 aliphatic rings. The molecule has 0 aliphatic heterocycles. The van der Waals surface area contributed by atoms with Crippen molar-refractivity contribution in [1.29, 1.82) is 0 Å². The first-order valence-electron chi connectivity index (χ1n) is 11.6. The number of halogens is 1. The maximum absolute atomic E-state index is 12.1. The summed E-state index contributed by atoms with van der Waals surface area (Å²) >= 11 is 6.26. The molecule has 0 saturated heterocycles. The van der Waals surface area contributed by atoms with Crippen LogP contribution in [0.2, 0.25) is 5.02 Å². The van der Waals surface area contributed by atoms with Crippen LogP contribution < -0.4 is 5.32 Å². The third-order valence-electron chi connectivity index (χ3n) is 6.21. The topological polar surface area (TPSA) is 103 Å². The Morgan fingerprint density at radius 2 is 1.76 bits per heavy atom. The standard InChI is InChI=1S/C28H22ClN7O/c1-36(2)28(37)32-20-10-17(13-30-15-20)18-11-23-26(34-35-27(23)31-14-18)25-12-22-21(7-4-8-24(22)33-25)16-5-3-6-19(29)9-16/h3-15,33H,1-2H3,(H,32,37)(H,31,34,35). The molecule has 182 valence electrons. The number of nitrogens with zero attached hydrogens (tertiary/aromatic N) is 4. The summed E-state index contributed by atoms with van der Waals surface area (Å²) in [4.78, 5) is 25.9. The first-order valence-corrected chi connectivity index (χ1v) is 12.0. The molecule has 0 atom stereocenters. The van der Waals surface area contributed by atoms with Crippen molar-refractivity contribution in [2.45, 2.75) is 0 Å². The summed E-state index contributed by atoms with van der Waals surface area (Å²) in [6, 6.07) is 19.8. The second kappa shape index (κ2) is 9.07. The average molecular weight is 508 g/mol. The van der Waals surface area contributed by atoms with Crippen LogP contribution in [0.1, 0.15) is 0 Å². The number of pyridine rings is 2. The Morgan fingerprint density at radius 3 is 2.59 bits per heavy atom. The molecular formula is C28H22ClN7O. The third-order valence-corrected chi connectivity index (χ3v) is 6.44. The zero-order chi connectivity index (χ0) is 25.5. The molecule has 2 amide bonds. The summed E-state index contributed by atoms with van der Waals surface area (Å²) in [6.45, 7) is 0. The number of hydrogen-bond acceptors (Lipinski definition) is 4. The van der Waals surface area contributed by atoms with Crippen LogP contribution >= 0.6 is 11.6 Å². The number of aromatic nitrogens is 5. The smallest absolute Gasteiger partial charge is 0.321 e. The number of H-pyrrole nitrogens is 2. The molecule has 4 aromatic heterocycles. The Labute approximate surface area is 217 Å². The molecule has 8 nitrogen and oxygen atoms in total. The predicted molar refractivity (Wildman–Crippen MR) is 148 cm³/mol. The maximum Gasteiger partial charge on any atom is 0.321 e. The van der Waals surface area contributed by atoms with E-state index in [0.29, 0.717) is 16.4 Å². The lowest BCUT2D eigenvalue weighted by Crippen LogP contribution is -2.27. The number of nitrogens with one attached hydrogen (secondary N) is 3. The first kappa shape index (κ1) is 22.8. The summed E-state index contributed by atoms with van der Waals surface area (Å²) in [5.74, 6) is 0. The van der Waals surface area contributed by atoms with E-state index < -0.39 is 0 Å². The number of amides is 2. The van der Waals surface area contributed by atoms with E-state index in [9.17, 15) is 4.79 Å². The van der Waals surface area contributed by atoms with Gasteiger partial charge in [-0.3, -0.25) is 10.1 Å². The van der Waals surface area contributed by atoms with Crippen molar-refractivity contribution < 1.29 is 4.79 Å². The second-order valence-electron chi connectivity index (χ2n) is 8.94. The van der Waals surface area contributed by atoms with Crippen molar-refractivity contribution in [3.05, 3.63) is 84.3 Å². The van der Waals surface area contributed by atoms with Gasteiger partial charge in [-0.2, -0.15) is 5.10 Å². The summed E-state index contributed by atoms with van der Waals surface area (Å²) < 4.78 is 0. The molecule has 2 aromatic carbocycles. The Bertz CT molecular complexity index is 1790. The van der Waals surface area contributed by atoms with E-state index in [4.69, 9.17) is 11.6 Å². The van der Waals surface area contributed by atoms with Crippen molar-refractivity contribution >= 4 is 45.3 Å². The van der Waals surface area contributed by atoms with Crippen molar-refractivity contribution in [2.24, 2.45) is 0 Å². The van der Waals surface area contributed by atoms with Crippen molar-refractivity contribution in [3.63, 3.8) is 0 Å². The fraction of sp³-hybridized carbons (Fsp3) is 0.0714. The summed E-state index contributed by atoms with van der Waals surface area (Å²) in [6.07, 6.45) is 5.11. The van der Waals surface area contributed by atoms with Crippen LogP contribution in [0, 0.1) is 0 Å². The SMILES string of the molecule is CN(C)C(=O)Nc1cncc(-c2cnc3n[nH]c(-c4cc5c(-c6cccc(Cl)c6)cccc5[nH]4)c3c2)c1. The largest absolute Gasteiger partial charge is 0.353 e. The van der Waals surface area contributed by atoms with Gasteiger partial charge in [-0.1, -0.05) is 35.9 Å². The van der Waals surface area contributed by atoms with Crippen LogP contribution in [0.25, 0.3) is 55.6 Å². The molecule has 0 aliphatic carbocycles. The zero-order valence-corrected chi connectivity index (χ0v) is 20.8. The van der Waals surface area contributed by atoms with Gasteiger partial charge in [-0.15, -0.1) is 0 Å². The van der Waals surface area contributed by atoms with Crippen LogP contribution in [0.4, 0.5) is 10.5 Å². The lowest BCUT2D eigenvalue weighted by atomic mass is 10.0. The molecule has 9 heteroatoms. The summed E-state index contributed by atoms with van der Waals surface area (Å²) in [5, 5.41) is 13.0. The van der Waals surface area contributed by atoms with Gasteiger partial charge in [0.2, 0.25) is 0 Å². The molecule has 6 rings (SSSR count). The van der Waals surface area contributed by atoms with Gasteiger partial charge < -0.3 is 15.2 Å². The average Bonchev–Trinajstić information content (AvgIpc) is 3.52. The van der Waals surface area contributed by atoms with Gasteiger partial charge in [0.25, 0.3) is 0 Å². The number of aromatic amines is 2. The molecule has 0 saturated carbocycles. The normalized spacial score (nSPS) is 11.2. The van der Waals surface area contributed by atoms with Crippen molar-refractivity contribution in [3.8, 4) is 33.6 Å². The number of anilines is 1. The first-order chi connectivity index (χ1) is 18.0. The Morgan fingerprint density at radius 1 is 0.919 bits per heavy atom. The molecule has 4 heterocycles. The minimum Gasteiger partial charge on any atom is -0.353 e. The van der Waals surface area contributed by atoms with Crippen LogP contribution in [0.5, 0.6) is 0 Å². The maximum atomic E-state index is 12.1. The second-order valence-corrected chi connectivity index (χ2v) is 9.38. The van der Waals surface area contributed by atoms with Gasteiger partial charge in [0.1, 0.15) is 0 Å². The summed E-state index contributed by atoms with van der Waals surface area (Å²) in [7, 11) is 3.37. The van der Waals surface area contributed by atoms with Gasteiger partial charge >= 0.3 is 6.03 Å².